The lowest BCUT2D eigenvalue weighted by atomic mass is 9.99. The summed E-state index contributed by atoms with van der Waals surface area (Å²) in [5, 5.41) is 19.6. The summed E-state index contributed by atoms with van der Waals surface area (Å²) in [5.41, 5.74) is 6.56. The summed E-state index contributed by atoms with van der Waals surface area (Å²) >= 11 is 5.50. The molecule has 1 aromatic carbocycles. The molecule has 0 bridgehead atoms. The Bertz CT molecular complexity index is 425. The molecule has 4 N–H and O–H groups in total. The van der Waals surface area contributed by atoms with Crippen molar-refractivity contribution in [2.45, 2.75) is 18.6 Å². The molecule has 2 unspecified atom stereocenters. The Morgan fingerprint density at radius 2 is 2.17 bits per heavy atom. The van der Waals surface area contributed by atoms with Crippen LogP contribution in [0.3, 0.4) is 0 Å². The van der Waals surface area contributed by atoms with Gasteiger partial charge in [0.1, 0.15) is 6.10 Å². The molecule has 1 aromatic rings. The number of benzene rings is 1. The Morgan fingerprint density at radius 3 is 2.72 bits per heavy atom. The summed E-state index contributed by atoms with van der Waals surface area (Å²) in [6, 6.07) is 4.38. The predicted octanol–water partition coefficient (Wildman–Crippen LogP) is 1.08. The van der Waals surface area contributed by atoms with Crippen molar-refractivity contribution in [1.29, 1.82) is 0 Å². The second-order valence-electron chi connectivity index (χ2n) is 3.83. The van der Waals surface area contributed by atoms with E-state index in [1.807, 2.05) is 0 Å². The fraction of sp³-hybridized carbons (Fsp3) is 0.417. The Kier molecular flexibility index (Phi) is 5.40. The van der Waals surface area contributed by atoms with Crippen molar-refractivity contribution in [2.75, 3.05) is 18.7 Å². The Balaban J connectivity index is 3.03. The summed E-state index contributed by atoms with van der Waals surface area (Å²) in [4.78, 5) is 11.4. The van der Waals surface area contributed by atoms with Crippen LogP contribution in [-0.4, -0.2) is 35.3 Å². The van der Waals surface area contributed by atoms with E-state index in [2.05, 4.69) is 4.74 Å². The highest BCUT2D eigenvalue weighted by molar-refractivity contribution is 6.17. The van der Waals surface area contributed by atoms with Gasteiger partial charge in [0.2, 0.25) is 0 Å². The van der Waals surface area contributed by atoms with E-state index in [4.69, 9.17) is 17.3 Å². The third-order valence-corrected chi connectivity index (χ3v) is 2.81. The SMILES string of the molecule is COC(=O)c1ccc(N)c(C(O)C(O)CCCl)c1. The van der Waals surface area contributed by atoms with Gasteiger partial charge >= 0.3 is 5.97 Å². The average Bonchev–Trinajstić information content (AvgIpc) is 2.37. The Labute approximate surface area is 110 Å². The first-order chi connectivity index (χ1) is 8.51. The molecule has 0 heterocycles. The average molecular weight is 274 g/mol. The molecule has 100 valence electrons. The number of hydrogen-bond acceptors (Lipinski definition) is 5. The highest BCUT2D eigenvalue weighted by Gasteiger charge is 2.21. The molecule has 0 aromatic heterocycles. The molecule has 5 nitrogen and oxygen atoms in total. The van der Waals surface area contributed by atoms with Gasteiger partial charge in [0.15, 0.2) is 0 Å². The van der Waals surface area contributed by atoms with Crippen LogP contribution in [0, 0.1) is 0 Å². The number of alkyl halides is 1. The number of anilines is 1. The molecule has 0 saturated heterocycles. The van der Waals surface area contributed by atoms with E-state index in [0.717, 1.165) is 0 Å². The van der Waals surface area contributed by atoms with Crippen molar-refractivity contribution in [3.8, 4) is 0 Å². The van der Waals surface area contributed by atoms with Crippen LogP contribution in [0.2, 0.25) is 0 Å². The fourth-order valence-electron chi connectivity index (χ4n) is 1.55. The lowest BCUT2D eigenvalue weighted by Crippen LogP contribution is -2.20. The maximum Gasteiger partial charge on any atom is 0.337 e. The molecule has 0 saturated carbocycles. The number of ether oxygens (including phenoxy) is 1. The van der Waals surface area contributed by atoms with Crippen LogP contribution in [0.5, 0.6) is 0 Å². The number of carbonyl (C=O) groups excluding carboxylic acids is 1. The smallest absolute Gasteiger partial charge is 0.337 e. The van der Waals surface area contributed by atoms with Crippen molar-refractivity contribution in [3.63, 3.8) is 0 Å². The van der Waals surface area contributed by atoms with Gasteiger partial charge in [0.25, 0.3) is 0 Å². The molecule has 0 radical (unpaired) electrons. The molecule has 0 spiro atoms. The Morgan fingerprint density at radius 1 is 1.50 bits per heavy atom. The van der Waals surface area contributed by atoms with Gasteiger partial charge in [-0.3, -0.25) is 0 Å². The summed E-state index contributed by atoms with van der Waals surface area (Å²) in [7, 11) is 1.26. The maximum atomic E-state index is 11.4. The minimum atomic E-state index is -1.19. The van der Waals surface area contributed by atoms with Crippen molar-refractivity contribution in [1.82, 2.24) is 0 Å². The van der Waals surface area contributed by atoms with Gasteiger partial charge in [-0.2, -0.15) is 0 Å². The number of aliphatic hydroxyl groups is 2. The number of hydrogen-bond donors (Lipinski definition) is 3. The summed E-state index contributed by atoms with van der Waals surface area (Å²) in [6.07, 6.45) is -1.99. The summed E-state index contributed by atoms with van der Waals surface area (Å²) < 4.78 is 4.57. The van der Waals surface area contributed by atoms with E-state index in [1.54, 1.807) is 0 Å². The quantitative estimate of drug-likeness (QED) is 0.424. The van der Waals surface area contributed by atoms with Crippen LogP contribution in [0.15, 0.2) is 18.2 Å². The van der Waals surface area contributed by atoms with E-state index in [-0.39, 0.29) is 23.4 Å². The van der Waals surface area contributed by atoms with E-state index >= 15 is 0 Å². The molecule has 0 fully saturated rings. The molecule has 6 heteroatoms. The van der Waals surface area contributed by atoms with Crippen molar-refractivity contribution in [3.05, 3.63) is 29.3 Å². The van der Waals surface area contributed by atoms with E-state index in [0.29, 0.717) is 5.69 Å². The first-order valence-electron chi connectivity index (χ1n) is 5.41. The number of methoxy groups -OCH3 is 1. The highest BCUT2D eigenvalue weighted by Crippen LogP contribution is 2.26. The van der Waals surface area contributed by atoms with Gasteiger partial charge in [0, 0.05) is 17.1 Å². The van der Waals surface area contributed by atoms with Gasteiger partial charge in [-0.1, -0.05) is 0 Å². The van der Waals surface area contributed by atoms with Gasteiger partial charge < -0.3 is 20.7 Å². The topological polar surface area (TPSA) is 92.8 Å². The van der Waals surface area contributed by atoms with Crippen LogP contribution < -0.4 is 5.73 Å². The fourth-order valence-corrected chi connectivity index (χ4v) is 1.78. The second-order valence-corrected chi connectivity index (χ2v) is 4.20. The standard InChI is InChI=1S/C12H16ClNO4/c1-18-12(17)7-2-3-9(14)8(6-7)11(16)10(15)4-5-13/h2-3,6,10-11,15-16H,4-5,14H2,1H3. The lowest BCUT2D eigenvalue weighted by Gasteiger charge is -2.19. The molecule has 0 aliphatic carbocycles. The molecule has 1 rings (SSSR count). The zero-order valence-electron chi connectivity index (χ0n) is 9.97. The zero-order chi connectivity index (χ0) is 13.7. The van der Waals surface area contributed by atoms with Crippen LogP contribution in [0.1, 0.15) is 28.4 Å². The minimum absolute atomic E-state index is 0.217. The normalized spacial score (nSPS) is 14.0. The lowest BCUT2D eigenvalue weighted by molar-refractivity contribution is 0.0173. The molecule has 0 aliphatic rings. The molecular weight excluding hydrogens is 258 g/mol. The third kappa shape index (κ3) is 3.35. The summed E-state index contributed by atoms with van der Waals surface area (Å²) in [6.45, 7) is 0. The first-order valence-corrected chi connectivity index (χ1v) is 5.94. The molecule has 0 aliphatic heterocycles. The van der Waals surface area contributed by atoms with E-state index < -0.39 is 18.2 Å². The minimum Gasteiger partial charge on any atom is -0.465 e. The number of halogens is 1. The molecule has 18 heavy (non-hydrogen) atoms. The van der Waals surface area contributed by atoms with Gasteiger partial charge in [-0.25, -0.2) is 4.79 Å². The van der Waals surface area contributed by atoms with Crippen LogP contribution in [0.4, 0.5) is 5.69 Å². The molecule has 0 amide bonds. The third-order valence-electron chi connectivity index (χ3n) is 2.60. The number of nitrogens with two attached hydrogens (primary N) is 1. The van der Waals surface area contributed by atoms with E-state index in [9.17, 15) is 15.0 Å². The predicted molar refractivity (Wildman–Crippen MR) is 68.5 cm³/mol. The number of esters is 1. The summed E-state index contributed by atoms with van der Waals surface area (Å²) in [5.74, 6) is -0.315. The second kappa shape index (κ2) is 6.58. The molecule has 2 atom stereocenters. The van der Waals surface area contributed by atoms with Gasteiger partial charge in [-0.05, 0) is 24.6 Å². The van der Waals surface area contributed by atoms with Gasteiger partial charge in [-0.15, -0.1) is 11.6 Å². The number of carbonyl (C=O) groups is 1. The van der Waals surface area contributed by atoms with Crippen LogP contribution in [-0.2, 0) is 4.74 Å². The first kappa shape index (κ1) is 14.8. The van der Waals surface area contributed by atoms with Crippen LogP contribution >= 0.6 is 11.6 Å². The molecular formula is C12H16ClNO4. The largest absolute Gasteiger partial charge is 0.465 e. The Hall–Kier alpha value is -1.30. The van der Waals surface area contributed by atoms with Crippen LogP contribution in [0.25, 0.3) is 0 Å². The van der Waals surface area contributed by atoms with Gasteiger partial charge in [0.05, 0.1) is 18.8 Å². The number of rotatable bonds is 5. The number of nitrogen functional groups attached to an aromatic ring is 1. The zero-order valence-corrected chi connectivity index (χ0v) is 10.7. The maximum absolute atomic E-state index is 11.4. The highest BCUT2D eigenvalue weighted by atomic mass is 35.5. The van der Waals surface area contributed by atoms with Crippen molar-refractivity contribution in [2.24, 2.45) is 0 Å². The van der Waals surface area contributed by atoms with E-state index in [1.165, 1.54) is 25.3 Å². The van der Waals surface area contributed by atoms with Crippen molar-refractivity contribution >= 4 is 23.3 Å². The number of aliphatic hydroxyl groups excluding tert-OH is 2. The monoisotopic (exact) mass is 273 g/mol. The van der Waals surface area contributed by atoms with Crippen molar-refractivity contribution < 1.29 is 19.7 Å².